The van der Waals surface area contributed by atoms with E-state index in [2.05, 4.69) is 31.8 Å². The van der Waals surface area contributed by atoms with Gasteiger partial charge in [-0.15, -0.1) is 0 Å². The second-order valence-corrected chi connectivity index (χ2v) is 4.57. The number of rotatable bonds is 3. The highest BCUT2D eigenvalue weighted by atomic mass is 32.1. The highest BCUT2D eigenvalue weighted by Gasteiger charge is 2.38. The van der Waals surface area contributed by atoms with E-state index in [1.165, 1.54) is 6.42 Å². The Morgan fingerprint density at radius 3 is 2.67 bits per heavy atom. The van der Waals surface area contributed by atoms with Crippen LogP contribution in [0.25, 0.3) is 0 Å². The minimum atomic E-state index is 0.141. The molecule has 1 amide bonds. The smallest absolute Gasteiger partial charge is 0.221 e. The maximum absolute atomic E-state index is 11.2. The first-order valence-corrected chi connectivity index (χ1v) is 5.10. The zero-order valence-electron chi connectivity index (χ0n) is 7.76. The highest BCUT2D eigenvalue weighted by Crippen LogP contribution is 2.39. The molecule has 0 heterocycles. The van der Waals surface area contributed by atoms with Crippen molar-refractivity contribution < 1.29 is 4.79 Å². The third-order valence-electron chi connectivity index (χ3n) is 2.69. The molecule has 1 fully saturated rings. The van der Waals surface area contributed by atoms with Crippen LogP contribution in [-0.2, 0) is 4.79 Å². The number of amides is 1. The predicted octanol–water partition coefficient (Wildman–Crippen LogP) is 1.61. The van der Waals surface area contributed by atoms with Crippen LogP contribution in [0.5, 0.6) is 0 Å². The molecule has 0 bridgehead atoms. The highest BCUT2D eigenvalue weighted by molar-refractivity contribution is 7.80. The maximum Gasteiger partial charge on any atom is 0.221 e. The molecule has 1 aliphatic rings. The van der Waals surface area contributed by atoms with Crippen molar-refractivity contribution in [2.45, 2.75) is 39.2 Å². The molecular weight excluding hydrogens is 170 g/mol. The monoisotopic (exact) mass is 187 g/mol. The van der Waals surface area contributed by atoms with Crippen LogP contribution in [0.3, 0.4) is 0 Å². The fraction of sp³-hybridized carbons (Fsp3) is 0.889. The van der Waals surface area contributed by atoms with Gasteiger partial charge in [0.2, 0.25) is 5.91 Å². The summed E-state index contributed by atoms with van der Waals surface area (Å²) in [5, 5.41) is 3.02. The molecule has 0 aromatic carbocycles. The predicted molar refractivity (Wildman–Crippen MR) is 53.4 cm³/mol. The maximum atomic E-state index is 11.2. The van der Waals surface area contributed by atoms with Crippen LogP contribution in [0, 0.1) is 5.41 Å². The molecule has 1 saturated carbocycles. The molecule has 12 heavy (non-hydrogen) atoms. The molecule has 0 aromatic heterocycles. The van der Waals surface area contributed by atoms with Gasteiger partial charge in [-0.05, 0) is 24.0 Å². The van der Waals surface area contributed by atoms with Gasteiger partial charge in [0.25, 0.3) is 0 Å². The van der Waals surface area contributed by atoms with Crippen LogP contribution in [0.1, 0.15) is 33.1 Å². The SMILES string of the molecule is CC1(C)CCC1NC(=O)CCS. The van der Waals surface area contributed by atoms with E-state index in [4.69, 9.17) is 0 Å². The first kappa shape index (κ1) is 9.90. The van der Waals surface area contributed by atoms with Crippen LogP contribution in [0.2, 0.25) is 0 Å². The second kappa shape index (κ2) is 3.69. The first-order valence-electron chi connectivity index (χ1n) is 4.46. The summed E-state index contributed by atoms with van der Waals surface area (Å²) in [4.78, 5) is 11.2. The average molecular weight is 187 g/mol. The van der Waals surface area contributed by atoms with E-state index >= 15 is 0 Å². The fourth-order valence-corrected chi connectivity index (χ4v) is 1.70. The molecule has 0 aromatic rings. The van der Waals surface area contributed by atoms with Crippen molar-refractivity contribution in [3.63, 3.8) is 0 Å². The van der Waals surface area contributed by atoms with Gasteiger partial charge >= 0.3 is 0 Å². The molecule has 1 unspecified atom stereocenters. The van der Waals surface area contributed by atoms with Gasteiger partial charge in [0.05, 0.1) is 0 Å². The number of thiol groups is 1. The lowest BCUT2D eigenvalue weighted by Gasteiger charge is -2.44. The third-order valence-corrected chi connectivity index (χ3v) is 2.92. The van der Waals surface area contributed by atoms with E-state index in [9.17, 15) is 4.79 Å². The van der Waals surface area contributed by atoms with E-state index in [0.29, 0.717) is 23.6 Å². The van der Waals surface area contributed by atoms with Gasteiger partial charge in [-0.1, -0.05) is 13.8 Å². The van der Waals surface area contributed by atoms with Crippen molar-refractivity contribution in [3.8, 4) is 0 Å². The average Bonchev–Trinajstić information content (AvgIpc) is 1.99. The van der Waals surface area contributed by atoms with Gasteiger partial charge in [-0.2, -0.15) is 12.6 Å². The second-order valence-electron chi connectivity index (χ2n) is 4.12. The summed E-state index contributed by atoms with van der Waals surface area (Å²) >= 11 is 4.01. The van der Waals surface area contributed by atoms with E-state index in [0.717, 1.165) is 6.42 Å². The zero-order valence-corrected chi connectivity index (χ0v) is 8.66. The summed E-state index contributed by atoms with van der Waals surface area (Å²) in [5.74, 6) is 0.779. The molecule has 1 N–H and O–H groups in total. The van der Waals surface area contributed by atoms with Gasteiger partial charge in [0.1, 0.15) is 0 Å². The Morgan fingerprint density at radius 1 is 1.67 bits per heavy atom. The van der Waals surface area contributed by atoms with E-state index in [1.54, 1.807) is 0 Å². The molecule has 0 aliphatic heterocycles. The third kappa shape index (κ3) is 2.16. The lowest BCUT2D eigenvalue weighted by molar-refractivity contribution is -0.123. The van der Waals surface area contributed by atoms with Gasteiger partial charge in [-0.3, -0.25) is 4.79 Å². The van der Waals surface area contributed by atoms with E-state index in [-0.39, 0.29) is 5.91 Å². The Balaban J connectivity index is 2.28. The van der Waals surface area contributed by atoms with Gasteiger partial charge in [0, 0.05) is 12.5 Å². The summed E-state index contributed by atoms with van der Waals surface area (Å²) in [6, 6.07) is 0.393. The number of nitrogens with one attached hydrogen (secondary N) is 1. The summed E-state index contributed by atoms with van der Waals surface area (Å²) in [5.41, 5.74) is 0.312. The Bertz CT molecular complexity index is 179. The Kier molecular flexibility index (Phi) is 3.04. The van der Waals surface area contributed by atoms with Crippen molar-refractivity contribution in [3.05, 3.63) is 0 Å². The van der Waals surface area contributed by atoms with E-state index in [1.807, 2.05) is 0 Å². The minimum Gasteiger partial charge on any atom is -0.353 e. The summed E-state index contributed by atoms with van der Waals surface area (Å²) in [6.07, 6.45) is 2.89. The van der Waals surface area contributed by atoms with Crippen molar-refractivity contribution in [2.24, 2.45) is 5.41 Å². The molecular formula is C9H17NOS. The van der Waals surface area contributed by atoms with Crippen molar-refractivity contribution >= 4 is 18.5 Å². The first-order chi connectivity index (χ1) is 5.56. The molecule has 2 nitrogen and oxygen atoms in total. The van der Waals surface area contributed by atoms with Crippen molar-refractivity contribution in [1.82, 2.24) is 5.32 Å². The molecule has 3 heteroatoms. The van der Waals surface area contributed by atoms with Gasteiger partial charge in [0.15, 0.2) is 0 Å². The van der Waals surface area contributed by atoms with E-state index < -0.39 is 0 Å². The van der Waals surface area contributed by atoms with Crippen molar-refractivity contribution in [1.29, 1.82) is 0 Å². The Labute approximate surface area is 79.5 Å². The number of hydrogen-bond donors (Lipinski definition) is 2. The summed E-state index contributed by atoms with van der Waals surface area (Å²) in [7, 11) is 0. The van der Waals surface area contributed by atoms with Crippen LogP contribution in [0.4, 0.5) is 0 Å². The lowest BCUT2D eigenvalue weighted by atomic mass is 9.67. The Hall–Kier alpha value is -0.180. The zero-order chi connectivity index (χ0) is 9.19. The fourth-order valence-electron chi connectivity index (χ4n) is 1.50. The standard InChI is InChI=1S/C9H17NOS/c1-9(2)5-3-7(9)10-8(11)4-6-12/h7,12H,3-6H2,1-2H3,(H,10,11). The van der Waals surface area contributed by atoms with Crippen LogP contribution in [-0.4, -0.2) is 17.7 Å². The van der Waals surface area contributed by atoms with Crippen LogP contribution < -0.4 is 5.32 Å². The number of carbonyl (C=O) groups is 1. The van der Waals surface area contributed by atoms with Crippen LogP contribution in [0.15, 0.2) is 0 Å². The number of hydrogen-bond acceptors (Lipinski definition) is 2. The molecule has 0 radical (unpaired) electrons. The molecule has 1 atom stereocenters. The summed E-state index contributed by atoms with van der Waals surface area (Å²) < 4.78 is 0. The summed E-state index contributed by atoms with van der Waals surface area (Å²) in [6.45, 7) is 4.39. The Morgan fingerprint density at radius 2 is 2.33 bits per heavy atom. The molecule has 0 saturated heterocycles. The van der Waals surface area contributed by atoms with Crippen molar-refractivity contribution in [2.75, 3.05) is 5.75 Å². The van der Waals surface area contributed by atoms with Gasteiger partial charge < -0.3 is 5.32 Å². The lowest BCUT2D eigenvalue weighted by Crippen LogP contribution is -2.52. The molecule has 1 aliphatic carbocycles. The molecule has 70 valence electrons. The van der Waals surface area contributed by atoms with Gasteiger partial charge in [-0.25, -0.2) is 0 Å². The molecule has 1 rings (SSSR count). The molecule has 0 spiro atoms. The van der Waals surface area contributed by atoms with Crippen LogP contribution >= 0.6 is 12.6 Å². The normalized spacial score (nSPS) is 26.1. The minimum absolute atomic E-state index is 0.141. The number of carbonyl (C=O) groups excluding carboxylic acids is 1. The topological polar surface area (TPSA) is 29.1 Å². The quantitative estimate of drug-likeness (QED) is 0.646. The largest absolute Gasteiger partial charge is 0.353 e.